The highest BCUT2D eigenvalue weighted by molar-refractivity contribution is 7.10. The molecule has 4 rings (SSSR count). The molecular formula is C25H33N3O2S. The Bertz CT molecular complexity index is 903. The van der Waals surface area contributed by atoms with Gasteiger partial charge in [-0.1, -0.05) is 38.1 Å². The smallest absolute Gasteiger partial charge is 0.254 e. The summed E-state index contributed by atoms with van der Waals surface area (Å²) in [6.07, 6.45) is 2.25. The molecule has 2 aromatic rings. The van der Waals surface area contributed by atoms with Gasteiger partial charge in [0.15, 0.2) is 0 Å². The molecule has 1 aromatic carbocycles. The van der Waals surface area contributed by atoms with Crippen molar-refractivity contribution in [2.45, 2.75) is 38.6 Å². The van der Waals surface area contributed by atoms with Crippen LogP contribution in [0.5, 0.6) is 0 Å². The van der Waals surface area contributed by atoms with E-state index in [2.05, 4.69) is 24.1 Å². The molecule has 2 aliphatic rings. The molecule has 1 aromatic heterocycles. The summed E-state index contributed by atoms with van der Waals surface area (Å²) in [4.78, 5) is 31.7. The minimum absolute atomic E-state index is 0.00517. The second-order valence-corrected chi connectivity index (χ2v) is 10.3. The molecular weight excluding hydrogens is 406 g/mol. The molecule has 2 amide bonds. The van der Waals surface area contributed by atoms with Crippen LogP contribution in [-0.4, -0.2) is 54.8 Å². The minimum Gasteiger partial charge on any atom is -0.355 e. The molecule has 5 nitrogen and oxygen atoms in total. The van der Waals surface area contributed by atoms with Crippen LogP contribution in [0.3, 0.4) is 0 Å². The Labute approximate surface area is 189 Å². The van der Waals surface area contributed by atoms with Crippen LogP contribution in [0.25, 0.3) is 0 Å². The zero-order chi connectivity index (χ0) is 22.0. The zero-order valence-corrected chi connectivity index (χ0v) is 19.5. The van der Waals surface area contributed by atoms with Crippen molar-refractivity contribution in [3.05, 3.63) is 57.8 Å². The van der Waals surface area contributed by atoms with Crippen LogP contribution in [0, 0.1) is 11.8 Å². The number of nitrogens with one attached hydrogen (secondary N) is 1. The van der Waals surface area contributed by atoms with E-state index in [-0.39, 0.29) is 17.9 Å². The largest absolute Gasteiger partial charge is 0.355 e. The molecule has 2 aliphatic heterocycles. The van der Waals surface area contributed by atoms with E-state index in [0.717, 1.165) is 48.3 Å². The Morgan fingerprint density at radius 2 is 1.87 bits per heavy atom. The Kier molecular flexibility index (Phi) is 6.77. The number of fused-ring (bicyclic) bond motifs is 1. The van der Waals surface area contributed by atoms with Crippen molar-refractivity contribution >= 4 is 23.2 Å². The highest BCUT2D eigenvalue weighted by Gasteiger charge is 2.42. The van der Waals surface area contributed by atoms with Gasteiger partial charge in [0.2, 0.25) is 5.91 Å². The zero-order valence-electron chi connectivity index (χ0n) is 18.7. The second-order valence-electron chi connectivity index (χ2n) is 9.29. The van der Waals surface area contributed by atoms with E-state index in [9.17, 15) is 9.59 Å². The maximum absolute atomic E-state index is 13.4. The monoisotopic (exact) mass is 439 g/mol. The second kappa shape index (κ2) is 9.53. The van der Waals surface area contributed by atoms with Crippen molar-refractivity contribution in [3.63, 3.8) is 0 Å². The molecule has 4 atom stereocenters. The summed E-state index contributed by atoms with van der Waals surface area (Å²) in [6, 6.07) is 11.3. The number of nitrogens with zero attached hydrogens (tertiary/aromatic N) is 2. The number of likely N-dealkylation sites (N-methyl/N-ethyl adjacent to an activating group) is 1. The van der Waals surface area contributed by atoms with Gasteiger partial charge in [0.05, 0.1) is 12.0 Å². The van der Waals surface area contributed by atoms with Crippen LogP contribution >= 0.6 is 11.3 Å². The summed E-state index contributed by atoms with van der Waals surface area (Å²) in [6.45, 7) is 8.64. The number of likely N-dealkylation sites (tertiary alicyclic amines) is 1. The lowest BCUT2D eigenvalue weighted by Crippen LogP contribution is -2.46. The molecule has 1 fully saturated rings. The summed E-state index contributed by atoms with van der Waals surface area (Å²) in [5.41, 5.74) is 1.47. The highest BCUT2D eigenvalue weighted by atomic mass is 32.1. The Balaban J connectivity index is 1.46. The molecule has 1 N–H and O–H groups in total. The number of carbonyl (C=O) groups excluding carboxylic acids is 2. The van der Waals surface area contributed by atoms with Crippen LogP contribution < -0.4 is 5.32 Å². The molecule has 0 unspecified atom stereocenters. The van der Waals surface area contributed by atoms with Gasteiger partial charge >= 0.3 is 0 Å². The first kappa shape index (κ1) is 22.0. The first-order valence-corrected chi connectivity index (χ1v) is 12.2. The Morgan fingerprint density at radius 3 is 2.58 bits per heavy atom. The van der Waals surface area contributed by atoms with Gasteiger partial charge in [-0.15, -0.1) is 11.3 Å². The molecule has 0 spiro atoms. The van der Waals surface area contributed by atoms with E-state index in [1.807, 2.05) is 48.8 Å². The summed E-state index contributed by atoms with van der Waals surface area (Å²) in [7, 11) is 1.81. The lowest BCUT2D eigenvalue weighted by Gasteiger charge is -2.39. The van der Waals surface area contributed by atoms with Crippen LogP contribution in [-0.2, 0) is 4.79 Å². The first-order chi connectivity index (χ1) is 15.0. The van der Waals surface area contributed by atoms with E-state index in [1.54, 1.807) is 16.2 Å². The first-order valence-electron chi connectivity index (χ1n) is 11.3. The number of thiophene rings is 1. The van der Waals surface area contributed by atoms with Crippen molar-refractivity contribution in [3.8, 4) is 0 Å². The number of hydrogen-bond acceptors (Lipinski definition) is 4. The van der Waals surface area contributed by atoms with Crippen LogP contribution in [0.2, 0.25) is 0 Å². The standard InChI is InChI=1S/C25H33N3O2S/c1-17-14-18(2)16-28(15-17)12-7-11-26-24(29)22-19-8-4-5-9-20(19)25(30)27(3)23(22)21-10-6-13-31-21/h4-6,8-10,13,17-18,22-23H,7,11-12,14-16H2,1-3H3,(H,26,29)/t17-,18+,22-,23+/m0/s1. The normalized spacial score (nSPS) is 26.5. The Morgan fingerprint density at radius 1 is 1.13 bits per heavy atom. The van der Waals surface area contributed by atoms with E-state index >= 15 is 0 Å². The van der Waals surface area contributed by atoms with Crippen molar-refractivity contribution < 1.29 is 9.59 Å². The van der Waals surface area contributed by atoms with Gasteiger partial charge in [-0.3, -0.25) is 9.59 Å². The topological polar surface area (TPSA) is 52.7 Å². The molecule has 6 heteroatoms. The average molecular weight is 440 g/mol. The fourth-order valence-corrected chi connectivity index (χ4v) is 6.28. The van der Waals surface area contributed by atoms with E-state index < -0.39 is 5.92 Å². The molecule has 31 heavy (non-hydrogen) atoms. The van der Waals surface area contributed by atoms with Gasteiger partial charge in [0.1, 0.15) is 0 Å². The summed E-state index contributed by atoms with van der Waals surface area (Å²) < 4.78 is 0. The number of carbonyl (C=O) groups is 2. The molecule has 1 saturated heterocycles. The molecule has 0 radical (unpaired) electrons. The van der Waals surface area contributed by atoms with Crippen LogP contribution in [0.15, 0.2) is 41.8 Å². The molecule has 166 valence electrons. The SMILES string of the molecule is C[C@@H]1C[C@H](C)CN(CCCNC(=O)[C@H]2c3ccccc3C(=O)N(C)[C@@H]2c2cccs2)C1. The Hall–Kier alpha value is -2.18. The summed E-state index contributed by atoms with van der Waals surface area (Å²) in [5, 5.41) is 5.19. The summed E-state index contributed by atoms with van der Waals surface area (Å²) in [5.74, 6) is 1.08. The van der Waals surface area contributed by atoms with Crippen molar-refractivity contribution in [1.82, 2.24) is 15.1 Å². The minimum atomic E-state index is -0.396. The predicted molar refractivity (Wildman–Crippen MR) is 125 cm³/mol. The maximum Gasteiger partial charge on any atom is 0.254 e. The number of hydrogen-bond donors (Lipinski definition) is 1. The van der Waals surface area contributed by atoms with Crippen molar-refractivity contribution in [2.75, 3.05) is 33.2 Å². The molecule has 3 heterocycles. The number of amides is 2. The lowest BCUT2D eigenvalue weighted by atomic mass is 9.81. The number of piperidine rings is 1. The molecule has 0 aliphatic carbocycles. The van der Waals surface area contributed by atoms with Gasteiger partial charge in [0, 0.05) is 37.1 Å². The fraction of sp³-hybridized carbons (Fsp3) is 0.520. The van der Waals surface area contributed by atoms with E-state index in [0.29, 0.717) is 12.1 Å². The number of rotatable bonds is 6. The van der Waals surface area contributed by atoms with E-state index in [1.165, 1.54) is 6.42 Å². The lowest BCUT2D eigenvalue weighted by molar-refractivity contribution is -0.124. The number of benzene rings is 1. The van der Waals surface area contributed by atoms with Gasteiger partial charge in [-0.05, 0) is 54.3 Å². The van der Waals surface area contributed by atoms with Gasteiger partial charge in [-0.25, -0.2) is 0 Å². The fourth-order valence-electron chi connectivity index (χ4n) is 5.37. The third-order valence-electron chi connectivity index (χ3n) is 6.59. The van der Waals surface area contributed by atoms with Gasteiger partial charge in [-0.2, -0.15) is 0 Å². The van der Waals surface area contributed by atoms with Crippen molar-refractivity contribution in [2.24, 2.45) is 11.8 Å². The van der Waals surface area contributed by atoms with Crippen LogP contribution in [0.4, 0.5) is 0 Å². The highest BCUT2D eigenvalue weighted by Crippen LogP contribution is 2.43. The van der Waals surface area contributed by atoms with E-state index in [4.69, 9.17) is 0 Å². The third kappa shape index (κ3) is 4.70. The molecule has 0 saturated carbocycles. The quantitative estimate of drug-likeness (QED) is 0.688. The van der Waals surface area contributed by atoms with Gasteiger partial charge < -0.3 is 15.1 Å². The summed E-state index contributed by atoms with van der Waals surface area (Å²) >= 11 is 1.60. The molecule has 0 bridgehead atoms. The third-order valence-corrected chi connectivity index (χ3v) is 7.53. The average Bonchev–Trinajstić information content (AvgIpc) is 3.27. The van der Waals surface area contributed by atoms with Crippen molar-refractivity contribution in [1.29, 1.82) is 0 Å². The van der Waals surface area contributed by atoms with Crippen LogP contribution in [0.1, 0.15) is 59.4 Å². The predicted octanol–water partition coefficient (Wildman–Crippen LogP) is 4.14. The maximum atomic E-state index is 13.4. The van der Waals surface area contributed by atoms with Gasteiger partial charge in [0.25, 0.3) is 5.91 Å².